The third-order valence-corrected chi connectivity index (χ3v) is 6.11. The second-order valence-electron chi connectivity index (χ2n) is 8.19. The number of fused-ring (bicyclic) bond motifs is 1. The van der Waals surface area contributed by atoms with Crippen LogP contribution in [0.4, 0.5) is 0 Å². The lowest BCUT2D eigenvalue weighted by atomic mass is 9.91. The van der Waals surface area contributed by atoms with Crippen LogP contribution in [0.5, 0.6) is 5.75 Å². The Morgan fingerprint density at radius 2 is 1.89 bits per heavy atom. The van der Waals surface area contributed by atoms with Crippen molar-refractivity contribution in [3.05, 3.63) is 29.3 Å². The van der Waals surface area contributed by atoms with Crippen LogP contribution in [0.1, 0.15) is 54.4 Å². The summed E-state index contributed by atoms with van der Waals surface area (Å²) in [5.74, 6) is -0.0377. The molecule has 7 heteroatoms. The van der Waals surface area contributed by atoms with E-state index in [1.54, 1.807) is 11.0 Å². The Labute approximate surface area is 165 Å². The molecule has 0 bridgehead atoms. The van der Waals surface area contributed by atoms with Crippen molar-refractivity contribution in [3.63, 3.8) is 0 Å². The Balaban J connectivity index is 1.49. The van der Waals surface area contributed by atoms with Gasteiger partial charge in [0.25, 0.3) is 5.91 Å². The molecule has 0 spiro atoms. The summed E-state index contributed by atoms with van der Waals surface area (Å²) in [4.78, 5) is 40.1. The number of amides is 3. The molecule has 3 aliphatic rings. The molecule has 1 aliphatic carbocycles. The lowest BCUT2D eigenvalue weighted by Gasteiger charge is -2.36. The van der Waals surface area contributed by atoms with Crippen LogP contribution in [0.15, 0.2) is 18.2 Å². The maximum Gasteiger partial charge on any atom is 0.255 e. The fraction of sp³-hybridized carbons (Fsp3) is 0.571. The Kier molecular flexibility index (Phi) is 5.10. The van der Waals surface area contributed by atoms with E-state index in [1.807, 2.05) is 12.1 Å². The first kappa shape index (κ1) is 18.9. The molecule has 150 valence electrons. The number of nitrogens with one attached hydrogen (secondary N) is 1. The van der Waals surface area contributed by atoms with Gasteiger partial charge in [0, 0.05) is 24.6 Å². The summed E-state index contributed by atoms with van der Waals surface area (Å²) in [5.41, 5.74) is 1.49. The van der Waals surface area contributed by atoms with Crippen molar-refractivity contribution in [2.75, 3.05) is 14.1 Å². The van der Waals surface area contributed by atoms with Gasteiger partial charge in [-0.3, -0.25) is 19.7 Å². The van der Waals surface area contributed by atoms with Crippen molar-refractivity contribution in [2.45, 2.75) is 63.3 Å². The molecule has 1 N–H and O–H groups in total. The number of imide groups is 1. The molecule has 1 aromatic carbocycles. The zero-order chi connectivity index (χ0) is 19.8. The summed E-state index contributed by atoms with van der Waals surface area (Å²) in [6.45, 7) is 0.374. The fourth-order valence-electron chi connectivity index (χ4n) is 4.60. The molecule has 0 aromatic heterocycles. The van der Waals surface area contributed by atoms with E-state index in [9.17, 15) is 14.4 Å². The summed E-state index contributed by atoms with van der Waals surface area (Å²) in [7, 11) is 4.18. The molecular formula is C21H27N3O4. The van der Waals surface area contributed by atoms with E-state index in [-0.39, 0.29) is 30.2 Å². The first-order valence-electron chi connectivity index (χ1n) is 10.0. The van der Waals surface area contributed by atoms with Crippen molar-refractivity contribution < 1.29 is 19.1 Å². The standard InChI is InChI=1S/C21H27N3O4/c1-23(2)16-5-3-4-6-18(16)28-14-7-8-15-13(11-14)12-24(21(15)27)17-9-10-19(25)22-20(17)26/h7-8,11,16-18H,3-6,9-10,12H2,1-2H3,(H,22,25,26)/t16-,17?,18-/m0/s1. The Bertz CT molecular complexity index is 807. The zero-order valence-electron chi connectivity index (χ0n) is 16.4. The third-order valence-electron chi connectivity index (χ3n) is 6.11. The molecule has 1 unspecified atom stereocenters. The van der Waals surface area contributed by atoms with Crippen LogP contribution in [0.2, 0.25) is 0 Å². The molecule has 28 heavy (non-hydrogen) atoms. The summed E-state index contributed by atoms with van der Waals surface area (Å²) >= 11 is 0. The van der Waals surface area contributed by atoms with Gasteiger partial charge in [0.05, 0.1) is 0 Å². The number of ether oxygens (including phenoxy) is 1. The predicted molar refractivity (Wildman–Crippen MR) is 103 cm³/mol. The van der Waals surface area contributed by atoms with E-state index in [0.29, 0.717) is 24.6 Å². The van der Waals surface area contributed by atoms with Gasteiger partial charge in [-0.2, -0.15) is 0 Å². The van der Waals surface area contributed by atoms with Gasteiger partial charge in [-0.15, -0.1) is 0 Å². The molecule has 0 radical (unpaired) electrons. The zero-order valence-corrected chi connectivity index (χ0v) is 16.4. The number of rotatable bonds is 4. The van der Waals surface area contributed by atoms with E-state index < -0.39 is 6.04 Å². The monoisotopic (exact) mass is 385 g/mol. The van der Waals surface area contributed by atoms with Gasteiger partial charge in [-0.1, -0.05) is 6.42 Å². The largest absolute Gasteiger partial charge is 0.489 e. The van der Waals surface area contributed by atoms with E-state index in [0.717, 1.165) is 24.2 Å². The molecule has 3 amide bonds. The van der Waals surface area contributed by atoms with Gasteiger partial charge in [0.1, 0.15) is 17.9 Å². The minimum atomic E-state index is -0.585. The molecule has 4 rings (SSSR count). The van der Waals surface area contributed by atoms with Crippen LogP contribution in [0.25, 0.3) is 0 Å². The van der Waals surface area contributed by atoms with E-state index in [2.05, 4.69) is 24.3 Å². The van der Waals surface area contributed by atoms with Gasteiger partial charge in [-0.05, 0) is 63.5 Å². The second kappa shape index (κ2) is 7.54. The molecule has 1 saturated heterocycles. The predicted octanol–water partition coefficient (Wildman–Crippen LogP) is 1.70. The van der Waals surface area contributed by atoms with Crippen molar-refractivity contribution in [2.24, 2.45) is 0 Å². The van der Waals surface area contributed by atoms with E-state index in [1.165, 1.54) is 12.8 Å². The summed E-state index contributed by atoms with van der Waals surface area (Å²) in [5, 5.41) is 2.33. The molecule has 1 aromatic rings. The quantitative estimate of drug-likeness (QED) is 0.798. The first-order chi connectivity index (χ1) is 13.4. The molecule has 3 atom stereocenters. The van der Waals surface area contributed by atoms with E-state index in [4.69, 9.17) is 4.74 Å². The third kappa shape index (κ3) is 3.51. The summed E-state index contributed by atoms with van der Waals surface area (Å²) in [6, 6.07) is 5.39. The average molecular weight is 385 g/mol. The molecule has 2 aliphatic heterocycles. The van der Waals surface area contributed by atoms with Crippen molar-refractivity contribution >= 4 is 17.7 Å². The molecular weight excluding hydrogens is 358 g/mol. The molecule has 7 nitrogen and oxygen atoms in total. The number of piperidine rings is 1. The fourth-order valence-corrected chi connectivity index (χ4v) is 4.60. The maximum absolute atomic E-state index is 12.8. The summed E-state index contributed by atoms with van der Waals surface area (Å²) < 4.78 is 6.31. The highest BCUT2D eigenvalue weighted by Gasteiger charge is 2.39. The number of carbonyl (C=O) groups is 3. The minimum Gasteiger partial charge on any atom is -0.489 e. The number of likely N-dealkylation sites (N-methyl/N-ethyl adjacent to an activating group) is 1. The van der Waals surface area contributed by atoms with Crippen LogP contribution in [-0.2, 0) is 16.1 Å². The molecule has 2 fully saturated rings. The van der Waals surface area contributed by atoms with Crippen molar-refractivity contribution in [1.29, 1.82) is 0 Å². The molecule has 2 heterocycles. The van der Waals surface area contributed by atoms with Crippen LogP contribution in [0.3, 0.4) is 0 Å². The number of hydrogen-bond acceptors (Lipinski definition) is 5. The smallest absolute Gasteiger partial charge is 0.255 e. The maximum atomic E-state index is 12.8. The van der Waals surface area contributed by atoms with Crippen LogP contribution in [-0.4, -0.2) is 59.8 Å². The average Bonchev–Trinajstić information content (AvgIpc) is 2.98. The first-order valence-corrected chi connectivity index (χ1v) is 10.0. The molecule has 1 saturated carbocycles. The Morgan fingerprint density at radius 3 is 2.64 bits per heavy atom. The van der Waals surface area contributed by atoms with Crippen LogP contribution in [0, 0.1) is 0 Å². The van der Waals surface area contributed by atoms with Gasteiger partial charge >= 0.3 is 0 Å². The summed E-state index contributed by atoms with van der Waals surface area (Å²) in [6.07, 6.45) is 5.33. The van der Waals surface area contributed by atoms with Crippen molar-refractivity contribution in [3.8, 4) is 5.75 Å². The Morgan fingerprint density at radius 1 is 1.11 bits per heavy atom. The number of nitrogens with zero attached hydrogens (tertiary/aromatic N) is 2. The number of carbonyl (C=O) groups excluding carboxylic acids is 3. The van der Waals surface area contributed by atoms with Crippen LogP contribution >= 0.6 is 0 Å². The van der Waals surface area contributed by atoms with Gasteiger partial charge < -0.3 is 14.5 Å². The lowest BCUT2D eigenvalue weighted by Crippen LogP contribution is -2.52. The van der Waals surface area contributed by atoms with Gasteiger partial charge in [0.15, 0.2) is 0 Å². The van der Waals surface area contributed by atoms with Gasteiger partial charge in [0.2, 0.25) is 11.8 Å². The normalized spacial score (nSPS) is 27.8. The SMILES string of the molecule is CN(C)[C@H]1CCCC[C@@H]1Oc1ccc2c(c1)CN(C1CCC(=O)NC1=O)C2=O. The number of hydrogen-bond donors (Lipinski definition) is 1. The minimum absolute atomic E-state index is 0.144. The van der Waals surface area contributed by atoms with E-state index >= 15 is 0 Å². The number of benzene rings is 1. The van der Waals surface area contributed by atoms with Crippen LogP contribution < -0.4 is 10.1 Å². The second-order valence-corrected chi connectivity index (χ2v) is 8.19. The highest BCUT2D eigenvalue weighted by molar-refractivity contribution is 6.05. The topological polar surface area (TPSA) is 79.0 Å². The van der Waals surface area contributed by atoms with Gasteiger partial charge in [-0.25, -0.2) is 0 Å². The Hall–Kier alpha value is -2.41. The highest BCUT2D eigenvalue weighted by Crippen LogP contribution is 2.32. The highest BCUT2D eigenvalue weighted by atomic mass is 16.5. The lowest BCUT2D eigenvalue weighted by molar-refractivity contribution is -0.136. The van der Waals surface area contributed by atoms with Crippen molar-refractivity contribution in [1.82, 2.24) is 15.1 Å².